The van der Waals surface area contributed by atoms with Crippen molar-refractivity contribution in [2.75, 3.05) is 11.4 Å². The Labute approximate surface area is 125 Å². The number of para-hydroxylation sites is 1. The van der Waals surface area contributed by atoms with Gasteiger partial charge in [-0.05, 0) is 43.7 Å². The fourth-order valence-electron chi connectivity index (χ4n) is 4.12. The van der Waals surface area contributed by atoms with E-state index in [2.05, 4.69) is 11.0 Å². The van der Waals surface area contributed by atoms with Gasteiger partial charge in [-0.15, -0.1) is 0 Å². The quantitative estimate of drug-likeness (QED) is 0.794. The molecule has 1 saturated heterocycles. The number of piperidine rings is 1. The Balaban J connectivity index is 1.83. The molecule has 1 saturated carbocycles. The van der Waals surface area contributed by atoms with Gasteiger partial charge in [-0.3, -0.25) is 0 Å². The molecule has 21 heavy (non-hydrogen) atoms. The number of hydrogen-bond donors (Lipinski definition) is 0. The van der Waals surface area contributed by atoms with E-state index in [0.29, 0.717) is 6.04 Å². The van der Waals surface area contributed by atoms with E-state index in [1.165, 1.54) is 32.1 Å². The Hall–Kier alpha value is -2.08. The highest BCUT2D eigenvalue weighted by Crippen LogP contribution is 2.39. The van der Waals surface area contributed by atoms with E-state index in [1.54, 1.807) is 0 Å². The molecule has 0 spiro atoms. The van der Waals surface area contributed by atoms with Crippen LogP contribution in [0.2, 0.25) is 0 Å². The zero-order valence-corrected chi connectivity index (χ0v) is 12.1. The first-order valence-electron chi connectivity index (χ1n) is 7.93. The molecule has 2 aromatic rings. The number of hydrogen-bond acceptors (Lipinski definition) is 3. The van der Waals surface area contributed by atoms with Crippen LogP contribution in [0.25, 0.3) is 10.9 Å². The van der Waals surface area contributed by atoms with E-state index >= 15 is 0 Å². The van der Waals surface area contributed by atoms with Crippen molar-refractivity contribution in [1.29, 1.82) is 5.26 Å². The predicted molar refractivity (Wildman–Crippen MR) is 84.2 cm³/mol. The van der Waals surface area contributed by atoms with Crippen molar-refractivity contribution in [3.05, 3.63) is 35.9 Å². The molecule has 0 amide bonds. The number of fused-ring (bicyclic) bond motifs is 2. The molecule has 2 heterocycles. The zero-order chi connectivity index (χ0) is 14.2. The zero-order valence-electron chi connectivity index (χ0n) is 12.1. The number of nitrogens with zero attached hydrogens (tertiary/aromatic N) is 3. The second-order valence-corrected chi connectivity index (χ2v) is 6.26. The summed E-state index contributed by atoms with van der Waals surface area (Å²) in [5, 5.41) is 10.6. The summed E-state index contributed by atoms with van der Waals surface area (Å²) in [5.74, 6) is 1.71. The van der Waals surface area contributed by atoms with Gasteiger partial charge in [-0.25, -0.2) is 4.98 Å². The molecule has 1 aromatic heterocycles. The normalized spacial score (nSPS) is 24.8. The van der Waals surface area contributed by atoms with Crippen molar-refractivity contribution in [3.63, 3.8) is 0 Å². The standard InChI is InChI=1S/C18H19N3/c19-12-15-11-14-5-1-2-8-16(14)20-18(15)21-10-4-7-13-6-3-9-17(13)21/h1-2,5,8,11,13,17H,3-4,6-7,9-10H2. The van der Waals surface area contributed by atoms with Crippen LogP contribution in [-0.4, -0.2) is 17.6 Å². The minimum absolute atomic E-state index is 0.597. The van der Waals surface area contributed by atoms with Crippen LogP contribution in [0.15, 0.2) is 30.3 Å². The lowest BCUT2D eigenvalue weighted by atomic mass is 9.91. The molecule has 1 aromatic carbocycles. The monoisotopic (exact) mass is 277 g/mol. The van der Waals surface area contributed by atoms with Gasteiger partial charge in [-0.2, -0.15) is 5.26 Å². The average Bonchev–Trinajstić information content (AvgIpc) is 3.02. The molecule has 2 aliphatic rings. The number of anilines is 1. The highest BCUT2D eigenvalue weighted by Gasteiger charge is 2.36. The number of nitriles is 1. The molecule has 2 fully saturated rings. The largest absolute Gasteiger partial charge is 0.352 e. The maximum absolute atomic E-state index is 9.53. The molecule has 3 nitrogen and oxygen atoms in total. The van der Waals surface area contributed by atoms with Gasteiger partial charge in [0.2, 0.25) is 0 Å². The van der Waals surface area contributed by atoms with Crippen LogP contribution in [0.5, 0.6) is 0 Å². The third-order valence-electron chi connectivity index (χ3n) is 5.09. The van der Waals surface area contributed by atoms with E-state index in [1.807, 2.05) is 30.3 Å². The third-order valence-corrected chi connectivity index (χ3v) is 5.09. The van der Waals surface area contributed by atoms with Crippen molar-refractivity contribution in [2.24, 2.45) is 5.92 Å². The fourth-order valence-corrected chi connectivity index (χ4v) is 4.12. The van der Waals surface area contributed by atoms with Crippen LogP contribution in [0.4, 0.5) is 5.82 Å². The summed E-state index contributed by atoms with van der Waals surface area (Å²) in [4.78, 5) is 7.26. The van der Waals surface area contributed by atoms with Gasteiger partial charge in [-0.1, -0.05) is 24.6 Å². The van der Waals surface area contributed by atoms with E-state index in [9.17, 15) is 5.26 Å². The molecular weight excluding hydrogens is 258 g/mol. The minimum Gasteiger partial charge on any atom is -0.352 e. The van der Waals surface area contributed by atoms with Gasteiger partial charge < -0.3 is 4.90 Å². The van der Waals surface area contributed by atoms with Gasteiger partial charge in [0, 0.05) is 18.0 Å². The third kappa shape index (κ3) is 2.06. The minimum atomic E-state index is 0.597. The molecular formula is C18H19N3. The van der Waals surface area contributed by atoms with E-state index in [-0.39, 0.29) is 0 Å². The van der Waals surface area contributed by atoms with Crippen LogP contribution in [-0.2, 0) is 0 Å². The Morgan fingerprint density at radius 1 is 1.14 bits per heavy atom. The van der Waals surface area contributed by atoms with Crippen molar-refractivity contribution in [3.8, 4) is 6.07 Å². The summed E-state index contributed by atoms with van der Waals surface area (Å²) >= 11 is 0. The second-order valence-electron chi connectivity index (χ2n) is 6.26. The van der Waals surface area contributed by atoms with Gasteiger partial charge in [0.25, 0.3) is 0 Å². The van der Waals surface area contributed by atoms with Crippen LogP contribution in [0.3, 0.4) is 0 Å². The van der Waals surface area contributed by atoms with Crippen LogP contribution in [0, 0.1) is 17.2 Å². The second kappa shape index (κ2) is 5.04. The highest BCUT2D eigenvalue weighted by atomic mass is 15.2. The van der Waals surface area contributed by atoms with Gasteiger partial charge in [0.1, 0.15) is 11.9 Å². The Morgan fingerprint density at radius 3 is 2.90 bits per heavy atom. The number of rotatable bonds is 1. The lowest BCUT2D eigenvalue weighted by molar-refractivity contribution is 0.360. The van der Waals surface area contributed by atoms with Gasteiger partial charge in [0.05, 0.1) is 11.1 Å². The fraction of sp³-hybridized carbons (Fsp3) is 0.444. The summed E-state index contributed by atoms with van der Waals surface area (Å²) in [5.41, 5.74) is 1.72. The van der Waals surface area contributed by atoms with Crippen molar-refractivity contribution < 1.29 is 0 Å². The SMILES string of the molecule is N#Cc1cc2ccccc2nc1N1CCCC2CCCC21. The molecule has 1 aliphatic heterocycles. The van der Waals surface area contributed by atoms with Crippen molar-refractivity contribution in [1.82, 2.24) is 4.98 Å². The topological polar surface area (TPSA) is 39.9 Å². The molecule has 1 aliphatic carbocycles. The first-order chi connectivity index (χ1) is 10.4. The van der Waals surface area contributed by atoms with Crippen LogP contribution >= 0.6 is 0 Å². The number of pyridine rings is 1. The highest BCUT2D eigenvalue weighted by molar-refractivity contribution is 5.83. The Morgan fingerprint density at radius 2 is 2.00 bits per heavy atom. The van der Waals surface area contributed by atoms with Crippen LogP contribution < -0.4 is 4.90 Å². The first-order valence-corrected chi connectivity index (χ1v) is 7.93. The molecule has 106 valence electrons. The Bertz CT molecular complexity index is 716. The van der Waals surface area contributed by atoms with E-state index in [4.69, 9.17) is 4.98 Å². The molecule has 2 unspecified atom stereocenters. The number of aromatic nitrogens is 1. The van der Waals surface area contributed by atoms with Gasteiger partial charge >= 0.3 is 0 Å². The summed E-state index contributed by atoms with van der Waals surface area (Å²) in [7, 11) is 0. The summed E-state index contributed by atoms with van der Waals surface area (Å²) in [6.07, 6.45) is 6.49. The lowest BCUT2D eigenvalue weighted by Crippen LogP contribution is -2.43. The van der Waals surface area contributed by atoms with Crippen molar-refractivity contribution in [2.45, 2.75) is 38.1 Å². The van der Waals surface area contributed by atoms with Crippen molar-refractivity contribution >= 4 is 16.7 Å². The summed E-state index contributed by atoms with van der Waals surface area (Å²) in [6, 6.07) is 13.0. The molecule has 0 radical (unpaired) electrons. The lowest BCUT2D eigenvalue weighted by Gasteiger charge is -2.39. The Kier molecular flexibility index (Phi) is 3.03. The first kappa shape index (κ1) is 12.6. The van der Waals surface area contributed by atoms with E-state index in [0.717, 1.165) is 34.7 Å². The van der Waals surface area contributed by atoms with Crippen LogP contribution in [0.1, 0.15) is 37.7 Å². The molecule has 0 N–H and O–H groups in total. The maximum atomic E-state index is 9.53. The molecule has 3 heteroatoms. The molecule has 0 bridgehead atoms. The number of benzene rings is 1. The average molecular weight is 277 g/mol. The maximum Gasteiger partial charge on any atom is 0.147 e. The summed E-state index contributed by atoms with van der Waals surface area (Å²) in [6.45, 7) is 1.04. The van der Waals surface area contributed by atoms with Gasteiger partial charge in [0.15, 0.2) is 0 Å². The molecule has 2 atom stereocenters. The molecule has 4 rings (SSSR count). The summed E-state index contributed by atoms with van der Waals surface area (Å²) < 4.78 is 0. The predicted octanol–water partition coefficient (Wildman–Crippen LogP) is 3.88. The smallest absolute Gasteiger partial charge is 0.147 e. The van der Waals surface area contributed by atoms with E-state index < -0.39 is 0 Å².